The van der Waals surface area contributed by atoms with Crippen molar-refractivity contribution in [3.8, 4) is 17.0 Å². The fourth-order valence-corrected chi connectivity index (χ4v) is 5.29. The molecule has 1 aliphatic rings. The van der Waals surface area contributed by atoms with Gasteiger partial charge in [-0.25, -0.2) is 18.4 Å². The molecule has 0 spiro atoms. The highest BCUT2D eigenvalue weighted by Gasteiger charge is 2.31. The standard InChI is InChI=1S/C27H26F3N5O4S/c1-34(13-18-3-6-21(38-2)7-4-18)40(36,37)22-8-9-24(33-26-10-5-19(12-31-26)27(28,29)30)23(11-22)25-14-35(17-32-25)20-15-39-16-20/h3-12,14,17,20H,13,15-16H2,1-2H3,(H,31,33). The van der Waals surface area contributed by atoms with Crippen molar-refractivity contribution in [2.75, 3.05) is 32.7 Å². The number of pyridine rings is 1. The van der Waals surface area contributed by atoms with E-state index in [-0.39, 0.29) is 23.3 Å². The topological polar surface area (TPSA) is 98.6 Å². The van der Waals surface area contributed by atoms with Gasteiger partial charge in [0.2, 0.25) is 10.0 Å². The average molecular weight is 574 g/mol. The first-order valence-corrected chi connectivity index (χ1v) is 13.6. The Labute approximate surface area is 229 Å². The summed E-state index contributed by atoms with van der Waals surface area (Å²) in [4.78, 5) is 8.38. The Balaban J connectivity index is 1.47. The van der Waals surface area contributed by atoms with Gasteiger partial charge in [0, 0.05) is 37.2 Å². The van der Waals surface area contributed by atoms with Crippen molar-refractivity contribution in [3.05, 3.63) is 84.4 Å². The van der Waals surface area contributed by atoms with Crippen molar-refractivity contribution >= 4 is 21.5 Å². The lowest BCUT2D eigenvalue weighted by atomic mass is 10.1. The number of hydrogen-bond donors (Lipinski definition) is 1. The molecule has 2 aromatic carbocycles. The van der Waals surface area contributed by atoms with Crippen LogP contribution in [0.2, 0.25) is 0 Å². The summed E-state index contributed by atoms with van der Waals surface area (Å²) in [5.74, 6) is 0.825. The molecule has 0 radical (unpaired) electrons. The van der Waals surface area contributed by atoms with Crippen LogP contribution >= 0.6 is 0 Å². The molecule has 2 aromatic heterocycles. The molecule has 40 heavy (non-hydrogen) atoms. The Hall–Kier alpha value is -3.94. The van der Waals surface area contributed by atoms with Crippen LogP contribution in [0.5, 0.6) is 5.75 Å². The molecule has 0 atom stereocenters. The summed E-state index contributed by atoms with van der Waals surface area (Å²) in [6, 6.07) is 13.8. The van der Waals surface area contributed by atoms with E-state index < -0.39 is 21.8 Å². The summed E-state index contributed by atoms with van der Waals surface area (Å²) in [7, 11) is -0.876. The van der Waals surface area contributed by atoms with Gasteiger partial charge in [0.15, 0.2) is 0 Å². The molecule has 0 amide bonds. The Morgan fingerprint density at radius 3 is 2.45 bits per heavy atom. The number of aromatic nitrogens is 3. The first kappa shape index (κ1) is 27.6. The van der Waals surface area contributed by atoms with E-state index in [1.165, 1.54) is 29.6 Å². The zero-order chi connectivity index (χ0) is 28.5. The van der Waals surface area contributed by atoms with Crippen molar-refractivity contribution in [3.63, 3.8) is 0 Å². The van der Waals surface area contributed by atoms with E-state index >= 15 is 0 Å². The van der Waals surface area contributed by atoms with Gasteiger partial charge in [-0.05, 0) is 48.0 Å². The molecule has 1 N–H and O–H groups in total. The van der Waals surface area contributed by atoms with E-state index in [2.05, 4.69) is 15.3 Å². The van der Waals surface area contributed by atoms with Gasteiger partial charge in [0.05, 0.1) is 48.8 Å². The third-order valence-corrected chi connectivity index (χ3v) is 8.34. The fourth-order valence-electron chi connectivity index (χ4n) is 4.10. The highest BCUT2D eigenvalue weighted by Crippen LogP contribution is 2.34. The quantitative estimate of drug-likeness (QED) is 0.297. The van der Waals surface area contributed by atoms with Gasteiger partial charge in [-0.3, -0.25) is 0 Å². The number of sulfonamides is 1. The second kappa shape index (κ2) is 10.9. The molecular weight excluding hydrogens is 547 g/mol. The van der Waals surface area contributed by atoms with Crippen LogP contribution in [0.25, 0.3) is 11.3 Å². The second-order valence-corrected chi connectivity index (χ2v) is 11.3. The molecule has 5 rings (SSSR count). The predicted octanol–water partition coefficient (Wildman–Crippen LogP) is 5.11. The van der Waals surface area contributed by atoms with Gasteiger partial charge >= 0.3 is 6.18 Å². The van der Waals surface area contributed by atoms with Crippen molar-refractivity contribution in [2.24, 2.45) is 0 Å². The van der Waals surface area contributed by atoms with Gasteiger partial charge in [-0.1, -0.05) is 12.1 Å². The molecule has 1 fully saturated rings. The number of imidazole rings is 1. The second-order valence-electron chi connectivity index (χ2n) is 9.27. The highest BCUT2D eigenvalue weighted by molar-refractivity contribution is 7.89. The number of halogens is 3. The first-order chi connectivity index (χ1) is 19.0. The number of nitrogens with one attached hydrogen (secondary N) is 1. The Kier molecular flexibility index (Phi) is 7.53. The van der Waals surface area contributed by atoms with E-state index in [0.717, 1.165) is 17.8 Å². The number of rotatable bonds is 9. The number of alkyl halides is 3. The van der Waals surface area contributed by atoms with Gasteiger partial charge in [-0.2, -0.15) is 17.5 Å². The maximum Gasteiger partial charge on any atom is 0.417 e. The van der Waals surface area contributed by atoms with Crippen LogP contribution < -0.4 is 10.1 Å². The van der Waals surface area contributed by atoms with Gasteiger partial charge in [0.25, 0.3) is 0 Å². The number of anilines is 2. The predicted molar refractivity (Wildman–Crippen MR) is 142 cm³/mol. The van der Waals surface area contributed by atoms with Crippen LogP contribution in [0, 0.1) is 0 Å². The zero-order valence-corrected chi connectivity index (χ0v) is 22.4. The highest BCUT2D eigenvalue weighted by atomic mass is 32.2. The summed E-state index contributed by atoms with van der Waals surface area (Å²) >= 11 is 0. The Morgan fingerprint density at radius 2 is 1.85 bits per heavy atom. The molecule has 1 saturated heterocycles. The SMILES string of the molecule is COc1ccc(CN(C)S(=O)(=O)c2ccc(Nc3ccc(C(F)(F)F)cn3)c(-c3cn(C4COC4)cn3)c2)cc1. The molecule has 0 bridgehead atoms. The summed E-state index contributed by atoms with van der Waals surface area (Å²) < 4.78 is 79.5. The van der Waals surface area contributed by atoms with Crippen LogP contribution in [0.3, 0.4) is 0 Å². The van der Waals surface area contributed by atoms with Crippen LogP contribution in [0.4, 0.5) is 24.7 Å². The minimum Gasteiger partial charge on any atom is -0.497 e. The van der Waals surface area contributed by atoms with E-state index in [1.807, 2.05) is 4.57 Å². The normalized spacial score (nSPS) is 14.2. The van der Waals surface area contributed by atoms with Gasteiger partial charge in [-0.15, -0.1) is 0 Å². The number of nitrogens with zero attached hydrogens (tertiary/aromatic N) is 4. The van der Waals surface area contributed by atoms with E-state index in [0.29, 0.717) is 35.9 Å². The molecule has 3 heterocycles. The van der Waals surface area contributed by atoms with Crippen molar-refractivity contribution in [1.82, 2.24) is 18.8 Å². The van der Waals surface area contributed by atoms with Crippen molar-refractivity contribution in [2.45, 2.75) is 23.7 Å². The molecule has 1 aliphatic heterocycles. The third-order valence-electron chi connectivity index (χ3n) is 6.54. The summed E-state index contributed by atoms with van der Waals surface area (Å²) in [5.41, 5.74) is 1.26. The first-order valence-electron chi connectivity index (χ1n) is 12.2. The minimum absolute atomic E-state index is 0.0333. The fraction of sp³-hybridized carbons (Fsp3) is 0.259. The smallest absolute Gasteiger partial charge is 0.417 e. The van der Waals surface area contributed by atoms with Crippen LogP contribution in [-0.4, -0.2) is 54.6 Å². The third kappa shape index (κ3) is 5.81. The number of hydrogen-bond acceptors (Lipinski definition) is 7. The molecule has 0 unspecified atom stereocenters. The van der Waals surface area contributed by atoms with Crippen LogP contribution in [-0.2, 0) is 27.5 Å². The molecule has 0 saturated carbocycles. The summed E-state index contributed by atoms with van der Waals surface area (Å²) in [6.07, 6.45) is -0.353. The Morgan fingerprint density at radius 1 is 1.10 bits per heavy atom. The van der Waals surface area contributed by atoms with Crippen LogP contribution in [0.15, 0.2) is 78.2 Å². The van der Waals surface area contributed by atoms with Crippen molar-refractivity contribution < 1.29 is 31.1 Å². The molecule has 210 valence electrons. The molecule has 13 heteroatoms. The number of methoxy groups -OCH3 is 1. The molecular formula is C27H26F3N5O4S. The van der Waals surface area contributed by atoms with E-state index in [1.54, 1.807) is 50.0 Å². The average Bonchev–Trinajstić information content (AvgIpc) is 3.37. The van der Waals surface area contributed by atoms with E-state index in [9.17, 15) is 21.6 Å². The maximum atomic E-state index is 13.5. The van der Waals surface area contributed by atoms with Crippen LogP contribution in [0.1, 0.15) is 17.2 Å². The molecule has 9 nitrogen and oxygen atoms in total. The molecule has 4 aromatic rings. The largest absolute Gasteiger partial charge is 0.497 e. The summed E-state index contributed by atoms with van der Waals surface area (Å²) in [5, 5.41) is 3.00. The summed E-state index contributed by atoms with van der Waals surface area (Å²) in [6.45, 7) is 1.22. The maximum absolute atomic E-state index is 13.5. The monoisotopic (exact) mass is 573 g/mol. The van der Waals surface area contributed by atoms with Gasteiger partial charge in [0.1, 0.15) is 11.6 Å². The van der Waals surface area contributed by atoms with Gasteiger partial charge < -0.3 is 19.4 Å². The lowest BCUT2D eigenvalue weighted by Crippen LogP contribution is -2.29. The van der Waals surface area contributed by atoms with Crippen molar-refractivity contribution in [1.29, 1.82) is 0 Å². The number of benzene rings is 2. The van der Waals surface area contributed by atoms with E-state index in [4.69, 9.17) is 9.47 Å². The number of ether oxygens (including phenoxy) is 2. The minimum atomic E-state index is -4.51. The lowest BCUT2D eigenvalue weighted by Gasteiger charge is -2.26. The lowest BCUT2D eigenvalue weighted by molar-refractivity contribution is -0.137. The molecule has 0 aliphatic carbocycles. The zero-order valence-electron chi connectivity index (χ0n) is 21.6. The Bertz CT molecular complexity index is 1590.